The van der Waals surface area contributed by atoms with Crippen molar-refractivity contribution in [3.05, 3.63) is 97.2 Å². The fourth-order valence-electron chi connectivity index (χ4n) is 5.21. The Morgan fingerprint density at radius 2 is 0.759 bits per heavy atom. The molecule has 0 radical (unpaired) electrons. The minimum absolute atomic E-state index is 0.120. The monoisotopic (exact) mass is 749 g/mol. The van der Waals surface area contributed by atoms with Crippen LogP contribution in [0, 0.1) is 0 Å². The molecule has 0 aromatic heterocycles. The third-order valence-corrected chi connectivity index (χ3v) is 8.35. The van der Waals surface area contributed by atoms with Gasteiger partial charge in [-0.3, -0.25) is 14.4 Å². The zero-order chi connectivity index (χ0) is 39.4. The molecule has 304 valence electrons. The number of allylic oxidation sites excluding steroid dienone is 16. The number of esters is 3. The van der Waals surface area contributed by atoms with Crippen LogP contribution in [0.1, 0.15) is 168 Å². The largest absolute Gasteiger partial charge is 0.462 e. The molecule has 0 saturated heterocycles. The van der Waals surface area contributed by atoms with Crippen LogP contribution in [0.3, 0.4) is 0 Å². The topological polar surface area (TPSA) is 78.9 Å². The first kappa shape index (κ1) is 50.3. The number of hydrogen-bond donors (Lipinski definition) is 0. The second-order valence-corrected chi connectivity index (χ2v) is 13.5. The zero-order valence-electron chi connectivity index (χ0n) is 34.4. The van der Waals surface area contributed by atoms with E-state index in [1.54, 1.807) is 0 Å². The average Bonchev–Trinajstić information content (AvgIpc) is 3.17. The number of unbranched alkanes of at least 4 members (excludes halogenated alkanes) is 9. The standard InChI is InChI=1S/C48H76O6/c1-4-7-10-13-16-19-21-23-24-26-27-29-32-35-38-41-47(50)53-44-45(43-52-46(49)40-37-34-31-18-15-12-9-6-3)54-48(51)42-39-36-33-30-28-25-22-20-17-14-11-8-5-2/h7-8,10-11,16-17,19-20,23-25,27-29,33,36,45H,4-6,9,12-15,18,21-22,26,30-32,34-35,37-44H2,1-3H3/b10-7-,11-8-,19-16-,20-17-,24-23-,28-25-,29-27-,36-33-. The molecule has 0 saturated carbocycles. The lowest BCUT2D eigenvalue weighted by molar-refractivity contribution is -0.166. The number of ether oxygens (including phenoxy) is 3. The summed E-state index contributed by atoms with van der Waals surface area (Å²) >= 11 is 0. The summed E-state index contributed by atoms with van der Waals surface area (Å²) in [4.78, 5) is 37.5. The maximum absolute atomic E-state index is 12.6. The molecule has 0 fully saturated rings. The van der Waals surface area contributed by atoms with Gasteiger partial charge in [-0.2, -0.15) is 0 Å². The van der Waals surface area contributed by atoms with Crippen molar-refractivity contribution in [3.8, 4) is 0 Å². The van der Waals surface area contributed by atoms with E-state index in [0.29, 0.717) is 19.3 Å². The van der Waals surface area contributed by atoms with Crippen LogP contribution < -0.4 is 0 Å². The Hall–Kier alpha value is -3.67. The number of rotatable bonds is 36. The van der Waals surface area contributed by atoms with Gasteiger partial charge in [0, 0.05) is 19.3 Å². The Balaban J connectivity index is 4.55. The molecule has 1 unspecified atom stereocenters. The Bertz CT molecular complexity index is 1140. The highest BCUT2D eigenvalue weighted by Crippen LogP contribution is 2.11. The predicted molar refractivity (Wildman–Crippen MR) is 228 cm³/mol. The van der Waals surface area contributed by atoms with Gasteiger partial charge < -0.3 is 14.2 Å². The van der Waals surface area contributed by atoms with Crippen molar-refractivity contribution in [2.24, 2.45) is 0 Å². The van der Waals surface area contributed by atoms with E-state index in [2.05, 4.69) is 106 Å². The summed E-state index contributed by atoms with van der Waals surface area (Å²) < 4.78 is 16.5. The van der Waals surface area contributed by atoms with Crippen molar-refractivity contribution in [1.29, 1.82) is 0 Å². The Kier molecular flexibility index (Phi) is 39.2. The van der Waals surface area contributed by atoms with Crippen molar-refractivity contribution >= 4 is 17.9 Å². The lowest BCUT2D eigenvalue weighted by Crippen LogP contribution is -2.30. The Labute approximate surface area is 330 Å². The minimum Gasteiger partial charge on any atom is -0.462 e. The van der Waals surface area contributed by atoms with E-state index in [1.165, 1.54) is 32.1 Å². The van der Waals surface area contributed by atoms with E-state index < -0.39 is 12.1 Å². The normalized spacial score (nSPS) is 13.0. The zero-order valence-corrected chi connectivity index (χ0v) is 34.4. The number of carbonyl (C=O) groups excluding carboxylic acids is 3. The van der Waals surface area contributed by atoms with Crippen molar-refractivity contribution in [1.82, 2.24) is 0 Å². The molecule has 0 N–H and O–H groups in total. The van der Waals surface area contributed by atoms with Gasteiger partial charge in [-0.1, -0.05) is 163 Å². The van der Waals surface area contributed by atoms with Crippen LogP contribution in [0.4, 0.5) is 0 Å². The van der Waals surface area contributed by atoms with Gasteiger partial charge in [0.1, 0.15) is 13.2 Å². The fraction of sp³-hybridized carbons (Fsp3) is 0.604. The van der Waals surface area contributed by atoms with Crippen molar-refractivity contribution in [2.45, 2.75) is 175 Å². The third-order valence-electron chi connectivity index (χ3n) is 8.35. The molecular formula is C48H76O6. The SMILES string of the molecule is CC/C=C\C/C=C\C/C=C\C/C=C\CCCCC(=O)OCC(COC(=O)CCCCCCCCCC)OC(=O)CC/C=C\C/C=C\C/C=C\C/C=C\CC. The molecule has 0 aromatic carbocycles. The van der Waals surface area contributed by atoms with Crippen molar-refractivity contribution in [2.75, 3.05) is 13.2 Å². The van der Waals surface area contributed by atoms with E-state index in [0.717, 1.165) is 83.5 Å². The fourth-order valence-corrected chi connectivity index (χ4v) is 5.21. The summed E-state index contributed by atoms with van der Waals surface area (Å²) in [7, 11) is 0. The molecule has 6 heteroatoms. The van der Waals surface area contributed by atoms with Crippen LogP contribution >= 0.6 is 0 Å². The molecule has 54 heavy (non-hydrogen) atoms. The summed E-state index contributed by atoms with van der Waals surface area (Å²) in [6.45, 7) is 6.23. The first-order valence-electron chi connectivity index (χ1n) is 21.2. The third kappa shape index (κ3) is 39.5. The van der Waals surface area contributed by atoms with E-state index in [9.17, 15) is 14.4 Å². The van der Waals surface area contributed by atoms with E-state index in [1.807, 2.05) is 12.2 Å². The molecular weight excluding hydrogens is 673 g/mol. The summed E-state index contributed by atoms with van der Waals surface area (Å²) in [6, 6.07) is 0. The Morgan fingerprint density at radius 1 is 0.389 bits per heavy atom. The smallest absolute Gasteiger partial charge is 0.306 e. The van der Waals surface area contributed by atoms with Gasteiger partial charge in [-0.05, 0) is 83.5 Å². The predicted octanol–water partition coefficient (Wildman–Crippen LogP) is 13.5. The molecule has 0 bridgehead atoms. The van der Waals surface area contributed by atoms with Crippen LogP contribution in [-0.2, 0) is 28.6 Å². The molecule has 0 aromatic rings. The summed E-state index contributed by atoms with van der Waals surface area (Å²) in [5.74, 6) is -1.06. The number of hydrogen-bond acceptors (Lipinski definition) is 6. The van der Waals surface area contributed by atoms with Gasteiger partial charge in [-0.15, -0.1) is 0 Å². The van der Waals surface area contributed by atoms with E-state index in [4.69, 9.17) is 14.2 Å². The first-order valence-corrected chi connectivity index (χ1v) is 21.2. The maximum Gasteiger partial charge on any atom is 0.306 e. The molecule has 1 atom stereocenters. The molecule has 0 spiro atoms. The molecule has 0 rings (SSSR count). The quantitative estimate of drug-likeness (QED) is 0.0275. The summed E-state index contributed by atoms with van der Waals surface area (Å²) in [5, 5.41) is 0. The van der Waals surface area contributed by atoms with Gasteiger partial charge in [0.2, 0.25) is 0 Å². The van der Waals surface area contributed by atoms with Crippen LogP contribution in [0.25, 0.3) is 0 Å². The maximum atomic E-state index is 12.6. The van der Waals surface area contributed by atoms with Gasteiger partial charge >= 0.3 is 17.9 Å². The lowest BCUT2D eigenvalue weighted by atomic mass is 10.1. The second-order valence-electron chi connectivity index (χ2n) is 13.5. The lowest BCUT2D eigenvalue weighted by Gasteiger charge is -2.18. The van der Waals surface area contributed by atoms with Crippen molar-refractivity contribution < 1.29 is 28.6 Å². The highest BCUT2D eigenvalue weighted by Gasteiger charge is 2.19. The highest BCUT2D eigenvalue weighted by molar-refractivity contribution is 5.71. The van der Waals surface area contributed by atoms with Crippen LogP contribution in [0.5, 0.6) is 0 Å². The Morgan fingerprint density at radius 3 is 1.20 bits per heavy atom. The molecule has 0 aliphatic rings. The van der Waals surface area contributed by atoms with Crippen molar-refractivity contribution in [3.63, 3.8) is 0 Å². The molecule has 0 heterocycles. The highest BCUT2D eigenvalue weighted by atomic mass is 16.6. The molecule has 0 amide bonds. The minimum atomic E-state index is -0.828. The van der Waals surface area contributed by atoms with Gasteiger partial charge in [0.15, 0.2) is 6.10 Å². The van der Waals surface area contributed by atoms with E-state index in [-0.39, 0.29) is 38.0 Å². The van der Waals surface area contributed by atoms with Crippen LogP contribution in [0.15, 0.2) is 97.2 Å². The van der Waals surface area contributed by atoms with E-state index >= 15 is 0 Å². The summed E-state index contributed by atoms with van der Waals surface area (Å²) in [6.07, 6.45) is 54.1. The van der Waals surface area contributed by atoms with Gasteiger partial charge in [0.25, 0.3) is 0 Å². The first-order chi connectivity index (χ1) is 26.5. The van der Waals surface area contributed by atoms with Crippen LogP contribution in [0.2, 0.25) is 0 Å². The molecule has 6 nitrogen and oxygen atoms in total. The number of carbonyl (C=O) groups is 3. The second kappa shape index (κ2) is 42.1. The van der Waals surface area contributed by atoms with Crippen LogP contribution in [-0.4, -0.2) is 37.2 Å². The van der Waals surface area contributed by atoms with Gasteiger partial charge in [0.05, 0.1) is 0 Å². The summed E-state index contributed by atoms with van der Waals surface area (Å²) in [5.41, 5.74) is 0. The molecule has 0 aliphatic heterocycles. The average molecular weight is 749 g/mol. The molecule has 0 aliphatic carbocycles. The van der Waals surface area contributed by atoms with Gasteiger partial charge in [-0.25, -0.2) is 0 Å².